The summed E-state index contributed by atoms with van der Waals surface area (Å²) in [5, 5.41) is 5.41. The van der Waals surface area contributed by atoms with Gasteiger partial charge < -0.3 is 14.4 Å². The van der Waals surface area contributed by atoms with Crippen molar-refractivity contribution >= 4 is 23.4 Å². The number of nitrogens with zero attached hydrogens (tertiary/aromatic N) is 3. The Labute approximate surface area is 207 Å². The normalized spacial score (nSPS) is 17.0. The summed E-state index contributed by atoms with van der Waals surface area (Å²) in [6.45, 7) is 10.7. The van der Waals surface area contributed by atoms with E-state index in [1.807, 2.05) is 43.9 Å². The molecule has 7 heteroatoms. The van der Waals surface area contributed by atoms with Crippen LogP contribution in [0.25, 0.3) is 0 Å². The highest BCUT2D eigenvalue weighted by Crippen LogP contribution is 2.37. The first-order chi connectivity index (χ1) is 16.1. The highest BCUT2D eigenvalue weighted by atomic mass is 35.5. The van der Waals surface area contributed by atoms with E-state index in [0.717, 1.165) is 37.4 Å². The van der Waals surface area contributed by atoms with E-state index in [-0.39, 0.29) is 6.09 Å². The van der Waals surface area contributed by atoms with E-state index >= 15 is 0 Å². The first-order valence-corrected chi connectivity index (χ1v) is 12.2. The minimum absolute atomic E-state index is 0.238. The Bertz CT molecular complexity index is 1080. The van der Waals surface area contributed by atoms with Crippen LogP contribution in [-0.2, 0) is 11.3 Å². The number of hydrazine groups is 1. The summed E-state index contributed by atoms with van der Waals surface area (Å²) in [6.07, 6.45) is 1.36. The van der Waals surface area contributed by atoms with Crippen molar-refractivity contribution in [2.45, 2.75) is 52.7 Å². The molecule has 0 saturated carbocycles. The van der Waals surface area contributed by atoms with Gasteiger partial charge in [-0.1, -0.05) is 17.7 Å². The molecule has 2 aliphatic heterocycles. The maximum Gasteiger partial charge on any atom is 0.410 e. The van der Waals surface area contributed by atoms with Crippen LogP contribution in [0.15, 0.2) is 53.7 Å². The van der Waals surface area contributed by atoms with Crippen molar-refractivity contribution < 1.29 is 14.3 Å². The fraction of sp³-hybridized carbons (Fsp3) is 0.444. The smallest absolute Gasteiger partial charge is 0.410 e. The van der Waals surface area contributed by atoms with Crippen molar-refractivity contribution in [3.05, 3.63) is 69.9 Å². The van der Waals surface area contributed by atoms with Crippen LogP contribution in [0.4, 0.5) is 10.5 Å². The van der Waals surface area contributed by atoms with E-state index < -0.39 is 5.60 Å². The fourth-order valence-electron chi connectivity index (χ4n) is 4.54. The quantitative estimate of drug-likeness (QED) is 0.519. The second kappa shape index (κ2) is 9.88. The standard InChI is InChI=1S/C27H34ClN3O3/c1-19-16-24(33-5)11-6-20(19)17-30-18-21-12-14-29(26(32)34-27(2,3)4)15-13-25(21)31(30)23-9-7-22(28)8-10-23/h6-11,16H,12-15,17-18H2,1-5H3. The SMILES string of the molecule is COc1ccc(CN2CC3=C(CCN(C(=O)OC(C)(C)C)CC3)N2c2ccc(Cl)cc2)c(C)c1. The molecule has 0 fully saturated rings. The van der Waals surface area contributed by atoms with Gasteiger partial charge in [0.05, 0.1) is 12.8 Å². The summed E-state index contributed by atoms with van der Waals surface area (Å²) in [7, 11) is 1.69. The number of hydrogen-bond acceptors (Lipinski definition) is 5. The van der Waals surface area contributed by atoms with E-state index in [0.29, 0.717) is 18.1 Å². The largest absolute Gasteiger partial charge is 0.497 e. The molecule has 2 aliphatic rings. The number of carbonyl (C=O) groups excluding carboxylic acids is 1. The van der Waals surface area contributed by atoms with Crippen molar-refractivity contribution in [1.29, 1.82) is 0 Å². The summed E-state index contributed by atoms with van der Waals surface area (Å²) in [6, 6.07) is 14.2. The van der Waals surface area contributed by atoms with Gasteiger partial charge in [-0.25, -0.2) is 9.80 Å². The minimum Gasteiger partial charge on any atom is -0.497 e. The lowest BCUT2D eigenvalue weighted by atomic mass is 10.1. The van der Waals surface area contributed by atoms with Crippen LogP contribution in [-0.4, -0.2) is 48.3 Å². The molecule has 0 bridgehead atoms. The van der Waals surface area contributed by atoms with Gasteiger partial charge in [0.25, 0.3) is 0 Å². The van der Waals surface area contributed by atoms with Gasteiger partial charge in [0, 0.05) is 43.3 Å². The Kier molecular flexibility index (Phi) is 7.10. The van der Waals surface area contributed by atoms with Crippen LogP contribution in [0.1, 0.15) is 44.7 Å². The van der Waals surface area contributed by atoms with E-state index in [1.165, 1.54) is 22.4 Å². The summed E-state index contributed by atoms with van der Waals surface area (Å²) < 4.78 is 11.0. The molecule has 0 radical (unpaired) electrons. The first-order valence-electron chi connectivity index (χ1n) is 11.8. The maximum absolute atomic E-state index is 12.7. The molecule has 2 aromatic carbocycles. The molecule has 4 rings (SSSR count). The zero-order chi connectivity index (χ0) is 24.5. The Morgan fingerprint density at radius 3 is 2.41 bits per heavy atom. The van der Waals surface area contributed by atoms with Crippen LogP contribution in [0.3, 0.4) is 0 Å². The number of rotatable bonds is 4. The van der Waals surface area contributed by atoms with Crippen molar-refractivity contribution in [1.82, 2.24) is 9.91 Å². The third-order valence-electron chi connectivity index (χ3n) is 6.25. The zero-order valence-corrected chi connectivity index (χ0v) is 21.5. The van der Waals surface area contributed by atoms with Crippen LogP contribution in [0.5, 0.6) is 5.75 Å². The number of aryl methyl sites for hydroxylation is 1. The number of ether oxygens (including phenoxy) is 2. The predicted octanol–water partition coefficient (Wildman–Crippen LogP) is 6.18. The van der Waals surface area contributed by atoms with Crippen molar-refractivity contribution in [3.8, 4) is 5.75 Å². The third-order valence-corrected chi connectivity index (χ3v) is 6.50. The fourth-order valence-corrected chi connectivity index (χ4v) is 4.66. The third kappa shape index (κ3) is 5.50. The van der Waals surface area contributed by atoms with E-state index in [1.54, 1.807) is 7.11 Å². The van der Waals surface area contributed by atoms with Crippen LogP contribution < -0.4 is 9.75 Å². The number of carbonyl (C=O) groups is 1. The molecule has 34 heavy (non-hydrogen) atoms. The van der Waals surface area contributed by atoms with Gasteiger partial charge in [-0.3, -0.25) is 5.01 Å². The molecule has 182 valence electrons. The maximum atomic E-state index is 12.7. The number of benzene rings is 2. The molecule has 2 heterocycles. The van der Waals surface area contributed by atoms with Crippen molar-refractivity contribution in [2.24, 2.45) is 0 Å². The minimum atomic E-state index is -0.498. The van der Waals surface area contributed by atoms with Gasteiger partial charge in [-0.15, -0.1) is 0 Å². The molecule has 1 amide bonds. The second-order valence-corrected chi connectivity index (χ2v) is 10.4. The Hall–Kier alpha value is -2.70. The lowest BCUT2D eigenvalue weighted by Crippen LogP contribution is -2.40. The summed E-state index contributed by atoms with van der Waals surface area (Å²) in [5.74, 6) is 0.869. The van der Waals surface area contributed by atoms with Gasteiger partial charge in [-0.05, 0) is 87.2 Å². The van der Waals surface area contributed by atoms with Gasteiger partial charge >= 0.3 is 6.09 Å². The number of hydrogen-bond donors (Lipinski definition) is 0. The number of methoxy groups -OCH3 is 1. The van der Waals surface area contributed by atoms with Crippen molar-refractivity contribution in [2.75, 3.05) is 31.8 Å². The monoisotopic (exact) mass is 483 g/mol. The highest BCUT2D eigenvalue weighted by Gasteiger charge is 2.34. The number of anilines is 1. The van der Waals surface area contributed by atoms with Gasteiger partial charge in [0.2, 0.25) is 0 Å². The average Bonchev–Trinajstić information content (AvgIpc) is 2.97. The van der Waals surface area contributed by atoms with E-state index in [9.17, 15) is 4.79 Å². The molecule has 0 unspecified atom stereocenters. The molecule has 6 nitrogen and oxygen atoms in total. The molecular formula is C27H34ClN3O3. The first kappa shape index (κ1) is 24.4. The van der Waals surface area contributed by atoms with Gasteiger partial charge in [0.15, 0.2) is 0 Å². The summed E-state index contributed by atoms with van der Waals surface area (Å²) in [4.78, 5) is 14.5. The lowest BCUT2D eigenvalue weighted by Gasteiger charge is -2.34. The van der Waals surface area contributed by atoms with Crippen molar-refractivity contribution in [3.63, 3.8) is 0 Å². The molecule has 0 aliphatic carbocycles. The Morgan fingerprint density at radius 1 is 1.06 bits per heavy atom. The summed E-state index contributed by atoms with van der Waals surface area (Å²) in [5.41, 5.74) is 5.67. The lowest BCUT2D eigenvalue weighted by molar-refractivity contribution is 0.0256. The van der Waals surface area contributed by atoms with E-state index in [4.69, 9.17) is 21.1 Å². The van der Waals surface area contributed by atoms with Crippen LogP contribution >= 0.6 is 11.6 Å². The van der Waals surface area contributed by atoms with Gasteiger partial charge in [0.1, 0.15) is 11.4 Å². The molecule has 0 N–H and O–H groups in total. The number of amides is 1. The highest BCUT2D eigenvalue weighted by molar-refractivity contribution is 6.30. The average molecular weight is 484 g/mol. The molecular weight excluding hydrogens is 450 g/mol. The summed E-state index contributed by atoms with van der Waals surface area (Å²) >= 11 is 6.19. The predicted molar refractivity (Wildman–Crippen MR) is 136 cm³/mol. The molecule has 2 aromatic rings. The van der Waals surface area contributed by atoms with Crippen LogP contribution in [0, 0.1) is 6.92 Å². The van der Waals surface area contributed by atoms with Crippen LogP contribution in [0.2, 0.25) is 5.02 Å². The molecule has 0 aromatic heterocycles. The van der Waals surface area contributed by atoms with E-state index in [2.05, 4.69) is 41.2 Å². The number of halogens is 1. The molecule has 0 atom stereocenters. The Morgan fingerprint density at radius 2 is 1.76 bits per heavy atom. The van der Waals surface area contributed by atoms with Gasteiger partial charge in [-0.2, -0.15) is 0 Å². The second-order valence-electron chi connectivity index (χ2n) is 9.92. The Balaban J connectivity index is 1.58. The zero-order valence-electron chi connectivity index (χ0n) is 20.7. The molecule has 0 saturated heterocycles. The molecule has 0 spiro atoms. The topological polar surface area (TPSA) is 45.3 Å².